The van der Waals surface area contributed by atoms with Crippen LogP contribution in [-0.4, -0.2) is 36.5 Å². The van der Waals surface area contributed by atoms with Crippen LogP contribution in [0.25, 0.3) is 0 Å². The van der Waals surface area contributed by atoms with Crippen molar-refractivity contribution >= 4 is 5.91 Å². The van der Waals surface area contributed by atoms with E-state index < -0.39 is 0 Å². The van der Waals surface area contributed by atoms with Gasteiger partial charge in [0, 0.05) is 25.0 Å². The molecule has 1 N–H and O–H groups in total. The molecule has 1 heterocycles. The number of hydrogen-bond acceptors (Lipinski definition) is 2. The van der Waals surface area contributed by atoms with Crippen LogP contribution in [0, 0.1) is 11.8 Å². The molecule has 96 valence electrons. The molecular weight excluding hydrogens is 212 g/mol. The van der Waals surface area contributed by atoms with Crippen molar-refractivity contribution in [2.24, 2.45) is 11.8 Å². The van der Waals surface area contributed by atoms with Crippen LogP contribution < -0.4 is 5.32 Å². The van der Waals surface area contributed by atoms with Crippen LogP contribution in [0.2, 0.25) is 0 Å². The SMILES string of the molecule is O=C(C1CCC1)N(CC1CC1)CC1CCCN1. The maximum absolute atomic E-state index is 12.4. The first-order chi connectivity index (χ1) is 8.33. The number of nitrogens with zero attached hydrogens (tertiary/aromatic N) is 1. The van der Waals surface area contributed by atoms with E-state index >= 15 is 0 Å². The molecule has 1 aliphatic heterocycles. The zero-order valence-electron chi connectivity index (χ0n) is 10.7. The molecule has 0 radical (unpaired) electrons. The smallest absolute Gasteiger partial charge is 0.225 e. The number of nitrogens with one attached hydrogen (secondary N) is 1. The van der Waals surface area contributed by atoms with Crippen molar-refractivity contribution in [2.75, 3.05) is 19.6 Å². The highest BCUT2D eigenvalue weighted by atomic mass is 16.2. The molecule has 3 fully saturated rings. The van der Waals surface area contributed by atoms with Gasteiger partial charge >= 0.3 is 0 Å². The summed E-state index contributed by atoms with van der Waals surface area (Å²) < 4.78 is 0. The monoisotopic (exact) mass is 236 g/mol. The molecule has 0 aromatic carbocycles. The summed E-state index contributed by atoms with van der Waals surface area (Å²) >= 11 is 0. The molecule has 3 nitrogen and oxygen atoms in total. The van der Waals surface area contributed by atoms with Crippen molar-refractivity contribution in [3.8, 4) is 0 Å². The van der Waals surface area contributed by atoms with E-state index in [4.69, 9.17) is 0 Å². The molecule has 1 amide bonds. The average Bonchev–Trinajstić information content (AvgIpc) is 2.89. The van der Waals surface area contributed by atoms with E-state index in [1.165, 1.54) is 32.1 Å². The van der Waals surface area contributed by atoms with Gasteiger partial charge in [-0.2, -0.15) is 0 Å². The van der Waals surface area contributed by atoms with E-state index in [1.54, 1.807) is 0 Å². The summed E-state index contributed by atoms with van der Waals surface area (Å²) in [6, 6.07) is 0.567. The summed E-state index contributed by atoms with van der Waals surface area (Å²) in [5, 5.41) is 3.52. The van der Waals surface area contributed by atoms with Crippen molar-refractivity contribution in [3.05, 3.63) is 0 Å². The van der Waals surface area contributed by atoms with Gasteiger partial charge in [0.1, 0.15) is 0 Å². The fourth-order valence-electron chi connectivity index (χ4n) is 2.96. The lowest BCUT2D eigenvalue weighted by Crippen LogP contribution is -2.46. The first-order valence-electron chi connectivity index (χ1n) is 7.35. The highest BCUT2D eigenvalue weighted by Gasteiger charge is 2.34. The van der Waals surface area contributed by atoms with Crippen molar-refractivity contribution in [1.29, 1.82) is 0 Å². The summed E-state index contributed by atoms with van der Waals surface area (Å²) in [4.78, 5) is 14.6. The van der Waals surface area contributed by atoms with Crippen molar-refractivity contribution in [1.82, 2.24) is 10.2 Å². The zero-order valence-corrected chi connectivity index (χ0v) is 10.7. The summed E-state index contributed by atoms with van der Waals surface area (Å²) in [5.74, 6) is 1.65. The Labute approximate surface area is 104 Å². The minimum atomic E-state index is 0.371. The largest absolute Gasteiger partial charge is 0.341 e. The van der Waals surface area contributed by atoms with Gasteiger partial charge in [-0.1, -0.05) is 6.42 Å². The van der Waals surface area contributed by atoms with Gasteiger partial charge in [-0.15, -0.1) is 0 Å². The second-order valence-corrected chi connectivity index (χ2v) is 6.11. The number of carbonyl (C=O) groups excluding carboxylic acids is 1. The van der Waals surface area contributed by atoms with Crippen LogP contribution >= 0.6 is 0 Å². The van der Waals surface area contributed by atoms with Crippen molar-refractivity contribution in [2.45, 2.75) is 51.0 Å². The molecular formula is C14H24N2O. The molecule has 0 bridgehead atoms. The molecule has 2 aliphatic carbocycles. The minimum absolute atomic E-state index is 0.371. The van der Waals surface area contributed by atoms with Gasteiger partial charge in [-0.25, -0.2) is 0 Å². The number of rotatable bonds is 5. The van der Waals surface area contributed by atoms with Gasteiger partial charge in [0.15, 0.2) is 0 Å². The Morgan fingerprint density at radius 1 is 1.06 bits per heavy atom. The van der Waals surface area contributed by atoms with Gasteiger partial charge in [0.05, 0.1) is 0 Å². The predicted octanol–water partition coefficient (Wildman–Crippen LogP) is 1.78. The fraction of sp³-hybridized carbons (Fsp3) is 0.929. The molecule has 2 saturated carbocycles. The third kappa shape index (κ3) is 2.82. The Balaban J connectivity index is 1.55. The first-order valence-corrected chi connectivity index (χ1v) is 7.35. The molecule has 3 aliphatic rings. The molecule has 0 aromatic rings. The fourth-order valence-corrected chi connectivity index (χ4v) is 2.96. The van der Waals surface area contributed by atoms with E-state index in [1.807, 2.05) is 0 Å². The first kappa shape index (κ1) is 11.5. The average molecular weight is 236 g/mol. The normalized spacial score (nSPS) is 29.1. The molecule has 1 saturated heterocycles. The second kappa shape index (κ2) is 4.97. The minimum Gasteiger partial charge on any atom is -0.341 e. The molecule has 3 rings (SSSR count). The maximum atomic E-state index is 12.4. The lowest BCUT2D eigenvalue weighted by atomic mass is 9.84. The summed E-state index contributed by atoms with van der Waals surface area (Å²) in [5.41, 5.74) is 0. The van der Waals surface area contributed by atoms with Gasteiger partial charge in [-0.3, -0.25) is 4.79 Å². The van der Waals surface area contributed by atoms with Crippen LogP contribution in [0.3, 0.4) is 0 Å². The molecule has 17 heavy (non-hydrogen) atoms. The van der Waals surface area contributed by atoms with Crippen LogP contribution in [0.4, 0.5) is 0 Å². The summed E-state index contributed by atoms with van der Waals surface area (Å²) in [6.07, 6.45) is 8.74. The standard InChI is InChI=1S/C14H24N2O/c17-14(12-3-1-4-12)16(9-11-6-7-11)10-13-5-2-8-15-13/h11-13,15H,1-10H2. The van der Waals surface area contributed by atoms with E-state index in [-0.39, 0.29) is 0 Å². The highest BCUT2D eigenvalue weighted by molar-refractivity contribution is 5.79. The number of hydrogen-bond donors (Lipinski definition) is 1. The van der Waals surface area contributed by atoms with Gasteiger partial charge in [0.25, 0.3) is 0 Å². The molecule has 1 atom stereocenters. The Morgan fingerprint density at radius 3 is 2.41 bits per heavy atom. The topological polar surface area (TPSA) is 32.3 Å². The maximum Gasteiger partial charge on any atom is 0.225 e. The summed E-state index contributed by atoms with van der Waals surface area (Å²) in [7, 11) is 0. The van der Waals surface area contributed by atoms with Crippen LogP contribution in [-0.2, 0) is 4.79 Å². The highest BCUT2D eigenvalue weighted by Crippen LogP contribution is 2.33. The van der Waals surface area contributed by atoms with Gasteiger partial charge < -0.3 is 10.2 Å². The Bertz CT molecular complexity index is 278. The number of carbonyl (C=O) groups is 1. The van der Waals surface area contributed by atoms with Crippen molar-refractivity contribution < 1.29 is 4.79 Å². The Hall–Kier alpha value is -0.570. The Kier molecular flexibility index (Phi) is 3.37. The third-order valence-electron chi connectivity index (χ3n) is 4.54. The lowest BCUT2D eigenvalue weighted by molar-refractivity contribution is -0.138. The second-order valence-electron chi connectivity index (χ2n) is 6.11. The van der Waals surface area contributed by atoms with E-state index in [2.05, 4.69) is 10.2 Å². The van der Waals surface area contributed by atoms with Crippen molar-refractivity contribution in [3.63, 3.8) is 0 Å². The van der Waals surface area contributed by atoms with Crippen LogP contribution in [0.1, 0.15) is 44.9 Å². The molecule has 3 heteroatoms. The van der Waals surface area contributed by atoms with E-state index in [9.17, 15) is 4.79 Å². The zero-order chi connectivity index (χ0) is 11.7. The van der Waals surface area contributed by atoms with Gasteiger partial charge in [-0.05, 0) is 51.0 Å². The van der Waals surface area contributed by atoms with Crippen LogP contribution in [0.5, 0.6) is 0 Å². The molecule has 1 unspecified atom stereocenters. The third-order valence-corrected chi connectivity index (χ3v) is 4.54. The molecule has 0 spiro atoms. The van der Waals surface area contributed by atoms with Gasteiger partial charge in [0.2, 0.25) is 5.91 Å². The van der Waals surface area contributed by atoms with E-state index in [0.717, 1.165) is 38.4 Å². The van der Waals surface area contributed by atoms with E-state index in [0.29, 0.717) is 17.9 Å². The lowest BCUT2D eigenvalue weighted by Gasteiger charge is -2.33. The number of amides is 1. The Morgan fingerprint density at radius 2 is 1.88 bits per heavy atom. The molecule has 0 aromatic heterocycles. The van der Waals surface area contributed by atoms with Crippen LogP contribution in [0.15, 0.2) is 0 Å². The predicted molar refractivity (Wildman–Crippen MR) is 67.7 cm³/mol. The quantitative estimate of drug-likeness (QED) is 0.789. The summed E-state index contributed by atoms with van der Waals surface area (Å²) in [6.45, 7) is 3.14.